The molecular formula is C21H18O4S. The molecule has 4 nitrogen and oxygen atoms in total. The third-order valence-corrected chi connectivity index (χ3v) is 4.55. The van der Waals surface area contributed by atoms with Gasteiger partial charge in [-0.2, -0.15) is 0 Å². The number of ketones is 1. The van der Waals surface area contributed by atoms with Crippen molar-refractivity contribution in [2.24, 2.45) is 0 Å². The number of allylic oxidation sites excluding steroid dienone is 1. The van der Waals surface area contributed by atoms with Crippen molar-refractivity contribution in [3.63, 3.8) is 0 Å². The van der Waals surface area contributed by atoms with Crippen LogP contribution in [0.4, 0.5) is 0 Å². The van der Waals surface area contributed by atoms with Crippen LogP contribution in [-0.4, -0.2) is 18.0 Å². The highest BCUT2D eigenvalue weighted by Gasteiger charge is 2.07. The fourth-order valence-corrected chi connectivity index (χ4v) is 2.99. The summed E-state index contributed by atoms with van der Waals surface area (Å²) in [5.41, 5.74) is 1.25. The zero-order chi connectivity index (χ0) is 18.4. The van der Waals surface area contributed by atoms with Crippen LogP contribution in [0.3, 0.4) is 0 Å². The molecule has 0 saturated heterocycles. The minimum absolute atomic E-state index is 0.0677. The van der Waals surface area contributed by atoms with Crippen LogP contribution in [0.2, 0.25) is 0 Å². The molecule has 26 heavy (non-hydrogen) atoms. The molecule has 0 amide bonds. The molecule has 1 heterocycles. The Labute approximate surface area is 156 Å². The van der Waals surface area contributed by atoms with Gasteiger partial charge in [0.15, 0.2) is 17.3 Å². The molecule has 132 valence electrons. The van der Waals surface area contributed by atoms with Gasteiger partial charge in [-0.3, -0.25) is 4.79 Å². The maximum atomic E-state index is 12.2. The number of rotatable bonds is 7. The Hall–Kier alpha value is -3.05. The number of ether oxygens (including phenoxy) is 2. The van der Waals surface area contributed by atoms with E-state index in [9.17, 15) is 9.90 Å². The van der Waals surface area contributed by atoms with Crippen LogP contribution in [0.25, 0.3) is 6.08 Å². The molecule has 1 N–H and O–H groups in total. The Bertz CT molecular complexity index is 914. The summed E-state index contributed by atoms with van der Waals surface area (Å²) in [4.78, 5) is 13.3. The highest BCUT2D eigenvalue weighted by Crippen LogP contribution is 2.29. The number of carbonyl (C=O) groups excluding carboxylic acids is 1. The van der Waals surface area contributed by atoms with E-state index in [4.69, 9.17) is 9.47 Å². The topological polar surface area (TPSA) is 55.8 Å². The van der Waals surface area contributed by atoms with Gasteiger partial charge >= 0.3 is 0 Å². The SMILES string of the molecule is COc1cc(/C=C/C(=O)c2cccc(O)c2)ccc1OCc1cccs1. The summed E-state index contributed by atoms with van der Waals surface area (Å²) in [7, 11) is 1.58. The second-order valence-electron chi connectivity index (χ2n) is 5.53. The number of phenolic OH excluding ortho intramolecular Hbond substituents is 1. The molecule has 0 atom stereocenters. The van der Waals surface area contributed by atoms with Gasteiger partial charge in [0.2, 0.25) is 0 Å². The van der Waals surface area contributed by atoms with Crippen LogP contribution in [0.5, 0.6) is 17.2 Å². The van der Waals surface area contributed by atoms with Gasteiger partial charge in [-0.25, -0.2) is 0 Å². The van der Waals surface area contributed by atoms with Gasteiger partial charge in [-0.05, 0) is 47.4 Å². The molecule has 0 radical (unpaired) electrons. The molecule has 0 aliphatic rings. The molecule has 0 aliphatic heterocycles. The van der Waals surface area contributed by atoms with E-state index in [0.717, 1.165) is 10.4 Å². The molecule has 0 bridgehead atoms. The fourth-order valence-electron chi connectivity index (χ4n) is 2.38. The van der Waals surface area contributed by atoms with Gasteiger partial charge in [-0.1, -0.05) is 30.3 Å². The molecule has 0 unspecified atom stereocenters. The summed E-state index contributed by atoms with van der Waals surface area (Å²) in [6.45, 7) is 0.485. The number of aromatic hydroxyl groups is 1. The Kier molecular flexibility index (Phi) is 5.71. The van der Waals surface area contributed by atoms with Crippen LogP contribution >= 0.6 is 11.3 Å². The van der Waals surface area contributed by atoms with Gasteiger partial charge < -0.3 is 14.6 Å². The molecule has 3 aromatic rings. The first-order valence-electron chi connectivity index (χ1n) is 8.00. The molecule has 1 aromatic heterocycles. The molecule has 5 heteroatoms. The predicted octanol–water partition coefficient (Wildman–Crippen LogP) is 4.94. The van der Waals surface area contributed by atoms with Crippen molar-refractivity contribution in [1.82, 2.24) is 0 Å². The van der Waals surface area contributed by atoms with Crippen molar-refractivity contribution >= 4 is 23.2 Å². The number of carbonyl (C=O) groups is 1. The standard InChI is InChI=1S/C21H18O4S/c1-24-21-12-15(7-9-19(23)16-4-2-5-17(22)13-16)8-10-20(21)25-14-18-6-3-11-26-18/h2-13,22H,14H2,1H3/b9-7+. The average molecular weight is 366 g/mol. The van der Waals surface area contributed by atoms with E-state index in [2.05, 4.69) is 0 Å². The van der Waals surface area contributed by atoms with E-state index in [0.29, 0.717) is 23.7 Å². The van der Waals surface area contributed by atoms with E-state index >= 15 is 0 Å². The number of methoxy groups -OCH3 is 1. The molecule has 0 spiro atoms. The predicted molar refractivity (Wildman–Crippen MR) is 103 cm³/mol. The average Bonchev–Trinajstić information content (AvgIpc) is 3.18. The first-order chi connectivity index (χ1) is 12.7. The van der Waals surface area contributed by atoms with Crippen molar-refractivity contribution in [2.75, 3.05) is 7.11 Å². The summed E-state index contributed by atoms with van der Waals surface area (Å²) in [5, 5.41) is 11.5. The van der Waals surface area contributed by atoms with Crippen LogP contribution in [-0.2, 0) is 6.61 Å². The lowest BCUT2D eigenvalue weighted by molar-refractivity contribution is 0.104. The van der Waals surface area contributed by atoms with E-state index < -0.39 is 0 Å². The Morgan fingerprint density at radius 2 is 2.00 bits per heavy atom. The lowest BCUT2D eigenvalue weighted by atomic mass is 10.1. The van der Waals surface area contributed by atoms with Crippen LogP contribution < -0.4 is 9.47 Å². The maximum Gasteiger partial charge on any atom is 0.185 e. The number of phenols is 1. The number of thiophene rings is 1. The van der Waals surface area contributed by atoms with E-state index in [1.54, 1.807) is 36.7 Å². The smallest absolute Gasteiger partial charge is 0.185 e. The second-order valence-corrected chi connectivity index (χ2v) is 6.56. The minimum atomic E-state index is -0.183. The molecular weight excluding hydrogens is 348 g/mol. The van der Waals surface area contributed by atoms with Crippen LogP contribution in [0.15, 0.2) is 66.1 Å². The summed E-state index contributed by atoms with van der Waals surface area (Å²) < 4.78 is 11.2. The molecule has 2 aromatic carbocycles. The molecule has 0 saturated carbocycles. The Balaban J connectivity index is 1.71. The Morgan fingerprint density at radius 1 is 1.12 bits per heavy atom. The number of benzene rings is 2. The summed E-state index contributed by atoms with van der Waals surface area (Å²) >= 11 is 1.64. The third kappa shape index (κ3) is 4.52. The summed E-state index contributed by atoms with van der Waals surface area (Å²) in [6.07, 6.45) is 3.17. The molecule has 0 fully saturated rings. The van der Waals surface area contributed by atoms with Gasteiger partial charge in [-0.15, -0.1) is 11.3 Å². The lowest BCUT2D eigenvalue weighted by Crippen LogP contribution is -1.96. The lowest BCUT2D eigenvalue weighted by Gasteiger charge is -2.10. The van der Waals surface area contributed by atoms with Crippen LogP contribution in [0, 0.1) is 0 Å². The van der Waals surface area contributed by atoms with Gasteiger partial charge in [0.05, 0.1) is 7.11 Å². The zero-order valence-corrected chi connectivity index (χ0v) is 15.0. The van der Waals surface area contributed by atoms with E-state index in [1.165, 1.54) is 18.2 Å². The van der Waals surface area contributed by atoms with Crippen molar-refractivity contribution < 1.29 is 19.4 Å². The normalized spacial score (nSPS) is 10.8. The maximum absolute atomic E-state index is 12.2. The van der Waals surface area contributed by atoms with Crippen molar-refractivity contribution in [3.05, 3.63) is 82.1 Å². The highest BCUT2D eigenvalue weighted by atomic mass is 32.1. The van der Waals surface area contributed by atoms with Crippen molar-refractivity contribution in [3.8, 4) is 17.2 Å². The highest BCUT2D eigenvalue weighted by molar-refractivity contribution is 7.09. The fraction of sp³-hybridized carbons (Fsp3) is 0.0952. The summed E-state index contributed by atoms with van der Waals surface area (Å²) in [5.74, 6) is 1.14. The number of hydrogen-bond acceptors (Lipinski definition) is 5. The Morgan fingerprint density at radius 3 is 2.73 bits per heavy atom. The first kappa shape index (κ1) is 17.8. The van der Waals surface area contributed by atoms with E-state index in [-0.39, 0.29) is 11.5 Å². The molecule has 3 rings (SSSR count). The quantitative estimate of drug-likeness (QED) is 0.475. The monoisotopic (exact) mass is 366 g/mol. The third-order valence-electron chi connectivity index (χ3n) is 3.70. The largest absolute Gasteiger partial charge is 0.508 e. The zero-order valence-electron chi connectivity index (χ0n) is 14.2. The summed E-state index contributed by atoms with van der Waals surface area (Å²) in [6, 6.07) is 15.8. The number of hydrogen-bond donors (Lipinski definition) is 1. The van der Waals surface area contributed by atoms with Crippen LogP contribution in [0.1, 0.15) is 20.8 Å². The van der Waals surface area contributed by atoms with Gasteiger partial charge in [0.1, 0.15) is 12.4 Å². The van der Waals surface area contributed by atoms with Gasteiger partial charge in [0, 0.05) is 10.4 Å². The van der Waals surface area contributed by atoms with E-state index in [1.807, 2.05) is 35.7 Å². The van der Waals surface area contributed by atoms with Crippen molar-refractivity contribution in [1.29, 1.82) is 0 Å². The molecule has 0 aliphatic carbocycles. The second kappa shape index (κ2) is 8.36. The van der Waals surface area contributed by atoms with Crippen molar-refractivity contribution in [2.45, 2.75) is 6.61 Å². The minimum Gasteiger partial charge on any atom is -0.508 e. The van der Waals surface area contributed by atoms with Gasteiger partial charge in [0.25, 0.3) is 0 Å². The first-order valence-corrected chi connectivity index (χ1v) is 8.88.